The van der Waals surface area contributed by atoms with E-state index in [1.54, 1.807) is 43.0 Å². The minimum atomic E-state index is -0.183. The monoisotopic (exact) mass is 304 g/mol. The van der Waals surface area contributed by atoms with Crippen LogP contribution in [0.5, 0.6) is 11.8 Å². The fourth-order valence-corrected chi connectivity index (χ4v) is 1.66. The molecule has 1 heterocycles. The van der Waals surface area contributed by atoms with E-state index in [-0.39, 0.29) is 6.03 Å². The average Bonchev–Trinajstić information content (AvgIpc) is 2.94. The van der Waals surface area contributed by atoms with E-state index >= 15 is 0 Å². The van der Waals surface area contributed by atoms with Gasteiger partial charge in [0.2, 0.25) is 0 Å². The van der Waals surface area contributed by atoms with Crippen molar-refractivity contribution in [2.75, 3.05) is 19.4 Å². The first-order chi connectivity index (χ1) is 10.6. The summed E-state index contributed by atoms with van der Waals surface area (Å²) >= 11 is 0. The largest absolute Gasteiger partial charge is 0.423 e. The predicted octanol–water partition coefficient (Wildman–Crippen LogP) is 2.36. The van der Waals surface area contributed by atoms with Gasteiger partial charge in [-0.1, -0.05) is 18.4 Å². The molecule has 0 fully saturated rings. The fraction of sp³-hybridized carbons (Fsp3) is 0.429. The van der Waals surface area contributed by atoms with Gasteiger partial charge in [-0.15, -0.1) is 0 Å². The van der Waals surface area contributed by atoms with Gasteiger partial charge in [0.05, 0.1) is 0 Å². The third-order valence-electron chi connectivity index (χ3n) is 2.94. The zero-order chi connectivity index (χ0) is 15.9. The molecule has 22 heavy (non-hydrogen) atoms. The number of anilines is 1. The summed E-state index contributed by atoms with van der Waals surface area (Å²) in [6.45, 7) is 2.82. The first kappa shape index (κ1) is 15.7. The van der Waals surface area contributed by atoms with E-state index < -0.39 is 0 Å². The minimum Gasteiger partial charge on any atom is -0.423 e. The van der Waals surface area contributed by atoms with Crippen molar-refractivity contribution >= 4 is 11.7 Å². The molecule has 0 atom stereocenters. The molecular weight excluding hydrogens is 284 g/mol. The van der Waals surface area contributed by atoms with Gasteiger partial charge in [-0.05, 0) is 41.1 Å². The van der Waals surface area contributed by atoms with Crippen LogP contribution >= 0.6 is 0 Å². The Kier molecular flexibility index (Phi) is 5.29. The van der Waals surface area contributed by atoms with Crippen molar-refractivity contribution in [2.45, 2.75) is 26.3 Å². The van der Waals surface area contributed by atoms with Crippen molar-refractivity contribution in [3.63, 3.8) is 0 Å². The van der Waals surface area contributed by atoms with Crippen LogP contribution in [0.2, 0.25) is 0 Å². The zero-order valence-electron chi connectivity index (χ0n) is 13.0. The van der Waals surface area contributed by atoms with Crippen molar-refractivity contribution < 1.29 is 9.53 Å². The quantitative estimate of drug-likeness (QED) is 0.885. The predicted molar refractivity (Wildman–Crippen MR) is 81.9 cm³/mol. The SMILES string of the molecule is CCCCn1nnnc1Oc1ccc(NC(=O)N(C)C)cc1. The van der Waals surface area contributed by atoms with E-state index in [9.17, 15) is 4.79 Å². The lowest BCUT2D eigenvalue weighted by atomic mass is 10.3. The molecule has 1 N–H and O–H groups in total. The fourth-order valence-electron chi connectivity index (χ4n) is 1.66. The number of unbranched alkanes of at least 4 members (excludes halogenated alkanes) is 1. The molecule has 0 saturated heterocycles. The summed E-state index contributed by atoms with van der Waals surface area (Å²) < 4.78 is 7.29. The number of carbonyl (C=O) groups excluding carboxylic acids is 1. The van der Waals surface area contributed by atoms with Gasteiger partial charge >= 0.3 is 12.0 Å². The lowest BCUT2D eigenvalue weighted by Gasteiger charge is -2.12. The molecule has 0 aliphatic rings. The van der Waals surface area contributed by atoms with Crippen molar-refractivity contribution in [1.82, 2.24) is 25.1 Å². The Hall–Kier alpha value is -2.64. The summed E-state index contributed by atoms with van der Waals surface area (Å²) in [6.07, 6.45) is 2.04. The Labute approximate surface area is 129 Å². The Balaban J connectivity index is 1.99. The standard InChI is InChI=1S/C14H20N6O2/c1-4-5-10-20-14(16-17-18-20)22-12-8-6-11(7-9-12)15-13(21)19(2)3/h6-9H,4-5,10H2,1-3H3,(H,15,21). The van der Waals surface area contributed by atoms with Gasteiger partial charge in [0.1, 0.15) is 5.75 Å². The summed E-state index contributed by atoms with van der Waals surface area (Å²) in [5.74, 6) is 0.607. The number of tetrazole rings is 1. The highest BCUT2D eigenvalue weighted by Gasteiger charge is 2.09. The highest BCUT2D eigenvalue weighted by molar-refractivity contribution is 5.88. The number of nitrogens with zero attached hydrogens (tertiary/aromatic N) is 5. The van der Waals surface area contributed by atoms with Crippen LogP contribution in [-0.4, -0.2) is 45.2 Å². The summed E-state index contributed by atoms with van der Waals surface area (Å²) in [7, 11) is 3.37. The zero-order valence-corrected chi connectivity index (χ0v) is 13.0. The van der Waals surface area contributed by atoms with E-state index in [1.807, 2.05) is 0 Å². The van der Waals surface area contributed by atoms with E-state index in [2.05, 4.69) is 27.8 Å². The molecular formula is C14H20N6O2. The topological polar surface area (TPSA) is 85.2 Å². The van der Waals surface area contributed by atoms with Crippen molar-refractivity contribution in [3.05, 3.63) is 24.3 Å². The van der Waals surface area contributed by atoms with Gasteiger partial charge in [0, 0.05) is 26.3 Å². The highest BCUT2D eigenvalue weighted by atomic mass is 16.5. The number of nitrogens with one attached hydrogen (secondary N) is 1. The van der Waals surface area contributed by atoms with Crippen LogP contribution in [0.1, 0.15) is 19.8 Å². The number of aromatic nitrogens is 4. The molecule has 0 aliphatic heterocycles. The molecule has 0 spiro atoms. The number of aryl methyl sites for hydroxylation is 1. The van der Waals surface area contributed by atoms with Crippen LogP contribution in [-0.2, 0) is 6.54 Å². The van der Waals surface area contributed by atoms with Gasteiger partial charge in [-0.2, -0.15) is 4.68 Å². The number of hydrogen-bond acceptors (Lipinski definition) is 5. The second-order valence-electron chi connectivity index (χ2n) is 4.99. The molecule has 0 saturated carbocycles. The third-order valence-corrected chi connectivity index (χ3v) is 2.94. The Morgan fingerprint density at radius 2 is 2.05 bits per heavy atom. The van der Waals surface area contributed by atoms with Gasteiger partial charge < -0.3 is 15.0 Å². The van der Waals surface area contributed by atoms with Crippen LogP contribution in [0.3, 0.4) is 0 Å². The maximum Gasteiger partial charge on any atom is 0.340 e. The lowest BCUT2D eigenvalue weighted by Crippen LogP contribution is -2.27. The molecule has 1 aromatic carbocycles. The Bertz CT molecular complexity index is 608. The molecule has 2 rings (SSSR count). The second-order valence-corrected chi connectivity index (χ2v) is 4.99. The first-order valence-corrected chi connectivity index (χ1v) is 7.12. The molecule has 8 heteroatoms. The molecule has 2 amide bonds. The van der Waals surface area contributed by atoms with E-state index in [0.29, 0.717) is 17.4 Å². The van der Waals surface area contributed by atoms with E-state index in [4.69, 9.17) is 4.74 Å². The first-order valence-electron chi connectivity index (χ1n) is 7.12. The van der Waals surface area contributed by atoms with Crippen LogP contribution in [0.15, 0.2) is 24.3 Å². The van der Waals surface area contributed by atoms with Gasteiger partial charge in [-0.3, -0.25) is 0 Å². The maximum atomic E-state index is 11.6. The highest BCUT2D eigenvalue weighted by Crippen LogP contribution is 2.21. The minimum absolute atomic E-state index is 0.183. The summed E-state index contributed by atoms with van der Waals surface area (Å²) in [6, 6.07) is 7.21. The lowest BCUT2D eigenvalue weighted by molar-refractivity contribution is 0.230. The number of ether oxygens (including phenoxy) is 1. The average molecular weight is 304 g/mol. The van der Waals surface area contributed by atoms with Gasteiger partial charge in [-0.25, -0.2) is 4.79 Å². The molecule has 2 aromatic rings. The Morgan fingerprint density at radius 1 is 1.32 bits per heavy atom. The number of hydrogen-bond donors (Lipinski definition) is 1. The molecule has 0 bridgehead atoms. The van der Waals surface area contributed by atoms with Crippen LogP contribution < -0.4 is 10.1 Å². The third kappa shape index (κ3) is 4.18. The molecule has 0 radical (unpaired) electrons. The molecule has 118 valence electrons. The van der Waals surface area contributed by atoms with Crippen molar-refractivity contribution in [2.24, 2.45) is 0 Å². The molecule has 0 unspecified atom stereocenters. The Morgan fingerprint density at radius 3 is 2.68 bits per heavy atom. The molecule has 8 nitrogen and oxygen atoms in total. The van der Waals surface area contributed by atoms with E-state index in [0.717, 1.165) is 19.4 Å². The van der Waals surface area contributed by atoms with E-state index in [1.165, 1.54) is 4.90 Å². The molecule has 0 aliphatic carbocycles. The molecule has 1 aromatic heterocycles. The van der Waals surface area contributed by atoms with Crippen LogP contribution in [0.4, 0.5) is 10.5 Å². The summed E-state index contributed by atoms with van der Waals surface area (Å²) in [5, 5.41) is 14.1. The number of carbonyl (C=O) groups is 1. The summed E-state index contributed by atoms with van der Waals surface area (Å²) in [4.78, 5) is 13.0. The van der Waals surface area contributed by atoms with Crippen molar-refractivity contribution in [1.29, 1.82) is 0 Å². The maximum absolute atomic E-state index is 11.6. The van der Waals surface area contributed by atoms with Gasteiger partial charge in [0.15, 0.2) is 0 Å². The normalized spacial score (nSPS) is 10.3. The number of amides is 2. The number of benzene rings is 1. The van der Waals surface area contributed by atoms with Crippen molar-refractivity contribution in [3.8, 4) is 11.8 Å². The van der Waals surface area contributed by atoms with Gasteiger partial charge in [0.25, 0.3) is 0 Å². The number of rotatable bonds is 6. The smallest absolute Gasteiger partial charge is 0.340 e. The van der Waals surface area contributed by atoms with Crippen LogP contribution in [0.25, 0.3) is 0 Å². The second kappa shape index (κ2) is 7.39. The summed E-state index contributed by atoms with van der Waals surface area (Å²) in [5.41, 5.74) is 0.691. The van der Waals surface area contributed by atoms with Crippen LogP contribution in [0, 0.1) is 0 Å². The number of urea groups is 1.